The van der Waals surface area contributed by atoms with Crippen molar-refractivity contribution in [3.05, 3.63) is 29.3 Å². The van der Waals surface area contributed by atoms with Crippen LogP contribution in [0.3, 0.4) is 0 Å². The number of amides is 2. The number of nitrogens with one attached hydrogen (secondary N) is 1. The van der Waals surface area contributed by atoms with Gasteiger partial charge in [-0.1, -0.05) is 32.9 Å². The van der Waals surface area contributed by atoms with Crippen molar-refractivity contribution in [2.75, 3.05) is 13.1 Å². The normalized spacial score (nSPS) is 24.5. The number of phenols is 1. The number of rotatable bonds is 4. The first-order valence-corrected chi connectivity index (χ1v) is 11.1. The number of benzene rings is 1. The fraction of sp³-hybridized carbons (Fsp3) is 0.667. The molecular formula is C24H36N2O4. The molecule has 1 saturated heterocycles. The van der Waals surface area contributed by atoms with E-state index in [2.05, 4.69) is 26.1 Å². The van der Waals surface area contributed by atoms with Gasteiger partial charge in [0, 0.05) is 19.6 Å². The molecule has 0 radical (unpaired) electrons. The molecule has 2 amide bonds. The quantitative estimate of drug-likeness (QED) is 0.763. The molecule has 1 aliphatic heterocycles. The van der Waals surface area contributed by atoms with Crippen LogP contribution in [-0.2, 0) is 16.1 Å². The summed E-state index contributed by atoms with van der Waals surface area (Å²) in [6.45, 7) is 10.1. The Morgan fingerprint density at radius 3 is 2.50 bits per heavy atom. The molecule has 166 valence electrons. The fourth-order valence-corrected chi connectivity index (χ4v) is 4.56. The lowest BCUT2D eigenvalue weighted by Gasteiger charge is -2.37. The van der Waals surface area contributed by atoms with Gasteiger partial charge in [0.2, 0.25) is 5.91 Å². The Morgan fingerprint density at radius 1 is 1.17 bits per heavy atom. The number of nitrogens with zero attached hydrogens (tertiary/aromatic N) is 1. The molecule has 1 saturated carbocycles. The number of aryl methyl sites for hydroxylation is 1. The fourth-order valence-electron chi connectivity index (χ4n) is 4.56. The predicted octanol–water partition coefficient (Wildman–Crippen LogP) is 4.38. The predicted molar refractivity (Wildman–Crippen MR) is 116 cm³/mol. The minimum atomic E-state index is -0.279. The van der Waals surface area contributed by atoms with Crippen molar-refractivity contribution >= 4 is 12.0 Å². The van der Waals surface area contributed by atoms with Gasteiger partial charge < -0.3 is 20.1 Å². The number of hydrogen-bond acceptors (Lipinski definition) is 4. The number of phenolic OH excluding ortho intramolecular Hbond substituents is 1. The zero-order chi connectivity index (χ0) is 21.9. The van der Waals surface area contributed by atoms with Crippen LogP contribution in [0.5, 0.6) is 5.75 Å². The summed E-state index contributed by atoms with van der Waals surface area (Å²) in [4.78, 5) is 26.7. The Bertz CT molecular complexity index is 763. The van der Waals surface area contributed by atoms with E-state index in [9.17, 15) is 14.7 Å². The molecule has 3 rings (SSSR count). The van der Waals surface area contributed by atoms with Crippen LogP contribution in [0.1, 0.15) is 64.0 Å². The molecule has 1 aliphatic carbocycles. The Kier molecular flexibility index (Phi) is 6.94. The Balaban J connectivity index is 1.41. The highest BCUT2D eigenvalue weighted by atomic mass is 16.6. The zero-order valence-electron chi connectivity index (χ0n) is 18.7. The van der Waals surface area contributed by atoms with E-state index in [1.807, 2.05) is 13.0 Å². The van der Waals surface area contributed by atoms with Crippen LogP contribution in [0, 0.1) is 24.2 Å². The van der Waals surface area contributed by atoms with E-state index >= 15 is 0 Å². The lowest BCUT2D eigenvalue weighted by atomic mass is 9.72. The molecule has 0 unspecified atom stereocenters. The minimum absolute atomic E-state index is 0.00159. The molecule has 6 nitrogen and oxygen atoms in total. The van der Waals surface area contributed by atoms with Crippen molar-refractivity contribution in [2.24, 2.45) is 17.3 Å². The summed E-state index contributed by atoms with van der Waals surface area (Å²) in [7, 11) is 0. The number of ether oxygens (including phenoxy) is 1. The van der Waals surface area contributed by atoms with Crippen LogP contribution in [0.2, 0.25) is 0 Å². The van der Waals surface area contributed by atoms with Crippen molar-refractivity contribution < 1.29 is 19.4 Å². The van der Waals surface area contributed by atoms with Gasteiger partial charge in [-0.3, -0.25) is 4.79 Å². The monoisotopic (exact) mass is 416 g/mol. The highest BCUT2D eigenvalue weighted by molar-refractivity contribution is 5.80. The molecule has 0 spiro atoms. The van der Waals surface area contributed by atoms with Crippen molar-refractivity contribution in [2.45, 2.75) is 72.4 Å². The number of carbonyl (C=O) groups is 2. The van der Waals surface area contributed by atoms with Crippen LogP contribution in [0.4, 0.5) is 4.79 Å². The summed E-state index contributed by atoms with van der Waals surface area (Å²) in [5.41, 5.74) is 2.04. The highest BCUT2D eigenvalue weighted by Crippen LogP contribution is 2.38. The second-order valence-corrected chi connectivity index (χ2v) is 9.99. The van der Waals surface area contributed by atoms with Gasteiger partial charge in [0.25, 0.3) is 0 Å². The second kappa shape index (κ2) is 9.27. The molecule has 6 heteroatoms. The van der Waals surface area contributed by atoms with Gasteiger partial charge in [-0.15, -0.1) is 0 Å². The van der Waals surface area contributed by atoms with Gasteiger partial charge in [-0.25, -0.2) is 4.79 Å². The van der Waals surface area contributed by atoms with Gasteiger partial charge in [-0.05, 0) is 67.6 Å². The maximum Gasteiger partial charge on any atom is 0.410 e. The first-order valence-electron chi connectivity index (χ1n) is 11.1. The molecule has 0 bridgehead atoms. The van der Waals surface area contributed by atoms with E-state index in [1.165, 1.54) is 0 Å². The molecule has 2 N–H and O–H groups in total. The number of hydrogen-bond donors (Lipinski definition) is 2. The largest absolute Gasteiger partial charge is 0.508 e. The smallest absolute Gasteiger partial charge is 0.410 e. The Morgan fingerprint density at radius 2 is 1.87 bits per heavy atom. The van der Waals surface area contributed by atoms with Crippen LogP contribution in [-0.4, -0.2) is 41.2 Å². The SMILES string of the molecule is Cc1cc(CNC(=O)[C@H]2CCN(C(=O)O[C@H]3CC[C@@H](C(C)(C)C)CC3)C2)ccc1O. The number of aromatic hydroxyl groups is 1. The van der Waals surface area contributed by atoms with Crippen molar-refractivity contribution in [3.8, 4) is 5.75 Å². The Hall–Kier alpha value is -2.24. The number of likely N-dealkylation sites (tertiary alicyclic amines) is 1. The first kappa shape index (κ1) is 22.4. The standard InChI is InChI=1S/C24H36N2O4/c1-16-13-17(5-10-21(16)27)14-25-22(28)18-11-12-26(15-18)23(29)30-20-8-6-19(7-9-20)24(2,3)4/h5,10,13,18-20,27H,6-9,11-12,14-15H2,1-4H3,(H,25,28)/t18-,19-,20+/m0/s1. The van der Waals surface area contributed by atoms with E-state index in [4.69, 9.17) is 4.74 Å². The minimum Gasteiger partial charge on any atom is -0.508 e. The molecule has 1 aromatic carbocycles. The number of carbonyl (C=O) groups excluding carboxylic acids is 2. The summed E-state index contributed by atoms with van der Waals surface area (Å²) < 4.78 is 5.75. The third kappa shape index (κ3) is 5.67. The summed E-state index contributed by atoms with van der Waals surface area (Å²) in [5.74, 6) is 0.695. The van der Waals surface area contributed by atoms with Crippen molar-refractivity contribution in [3.63, 3.8) is 0 Å². The first-order chi connectivity index (χ1) is 14.1. The topological polar surface area (TPSA) is 78.9 Å². The van der Waals surface area contributed by atoms with E-state index in [0.717, 1.165) is 36.8 Å². The maximum absolute atomic E-state index is 12.6. The van der Waals surface area contributed by atoms with Crippen molar-refractivity contribution in [1.29, 1.82) is 0 Å². The molecule has 1 heterocycles. The lowest BCUT2D eigenvalue weighted by molar-refractivity contribution is -0.124. The van der Waals surface area contributed by atoms with Crippen molar-refractivity contribution in [1.82, 2.24) is 10.2 Å². The highest BCUT2D eigenvalue weighted by Gasteiger charge is 2.35. The zero-order valence-corrected chi connectivity index (χ0v) is 18.7. The Labute approximate surface area is 180 Å². The van der Waals surface area contributed by atoms with E-state index < -0.39 is 0 Å². The lowest BCUT2D eigenvalue weighted by Crippen LogP contribution is -2.37. The third-order valence-corrected chi connectivity index (χ3v) is 6.71. The van der Waals surface area contributed by atoms with Crippen LogP contribution >= 0.6 is 0 Å². The van der Waals surface area contributed by atoms with Crippen LogP contribution in [0.25, 0.3) is 0 Å². The van der Waals surface area contributed by atoms with Gasteiger partial charge in [0.15, 0.2) is 0 Å². The summed E-state index contributed by atoms with van der Waals surface area (Å²) in [6.07, 6.45) is 4.44. The third-order valence-electron chi connectivity index (χ3n) is 6.71. The second-order valence-electron chi connectivity index (χ2n) is 9.99. The van der Waals surface area contributed by atoms with E-state index in [0.29, 0.717) is 37.4 Å². The molecule has 2 fully saturated rings. The molecule has 0 aromatic heterocycles. The average molecular weight is 417 g/mol. The van der Waals surface area contributed by atoms with E-state index in [1.54, 1.807) is 17.0 Å². The van der Waals surface area contributed by atoms with Gasteiger partial charge >= 0.3 is 6.09 Å². The summed E-state index contributed by atoms with van der Waals surface area (Å²) in [5, 5.41) is 12.6. The average Bonchev–Trinajstić information content (AvgIpc) is 3.19. The summed E-state index contributed by atoms with van der Waals surface area (Å²) in [6, 6.07) is 5.30. The van der Waals surface area contributed by atoms with Gasteiger partial charge in [-0.2, -0.15) is 0 Å². The molecule has 30 heavy (non-hydrogen) atoms. The van der Waals surface area contributed by atoms with E-state index in [-0.39, 0.29) is 29.8 Å². The molecule has 2 aliphatic rings. The molecule has 1 atom stereocenters. The van der Waals surface area contributed by atoms with Crippen LogP contribution < -0.4 is 5.32 Å². The molecule has 1 aromatic rings. The summed E-state index contributed by atoms with van der Waals surface area (Å²) >= 11 is 0. The van der Waals surface area contributed by atoms with Crippen LogP contribution in [0.15, 0.2) is 18.2 Å². The van der Waals surface area contributed by atoms with Gasteiger partial charge in [0.05, 0.1) is 5.92 Å². The molecular weight excluding hydrogens is 380 g/mol. The maximum atomic E-state index is 12.6. The van der Waals surface area contributed by atoms with Gasteiger partial charge in [0.1, 0.15) is 11.9 Å².